The molecule has 2 rings (SSSR count). The van der Waals surface area contributed by atoms with Crippen LogP contribution >= 0.6 is 0 Å². The van der Waals surface area contributed by atoms with Crippen molar-refractivity contribution in [3.05, 3.63) is 6.20 Å². The van der Waals surface area contributed by atoms with E-state index in [-0.39, 0.29) is 0 Å². The Bertz CT molecular complexity index is 328. The lowest BCUT2D eigenvalue weighted by molar-refractivity contribution is 0.312. The van der Waals surface area contributed by atoms with Crippen LogP contribution in [0.1, 0.15) is 52.4 Å². The van der Waals surface area contributed by atoms with E-state index in [0.717, 1.165) is 18.3 Å². The average Bonchev–Trinajstić information content (AvgIpc) is 2.84. The Hall–Kier alpha value is -1.06. The van der Waals surface area contributed by atoms with Gasteiger partial charge < -0.3 is 5.32 Å². The number of aromatic nitrogens is 3. The minimum atomic E-state index is 0.582. The van der Waals surface area contributed by atoms with E-state index < -0.39 is 0 Å². The number of hydrogen-bond acceptors (Lipinski definition) is 3. The van der Waals surface area contributed by atoms with E-state index in [4.69, 9.17) is 0 Å². The zero-order valence-electron chi connectivity index (χ0n) is 11.0. The highest BCUT2D eigenvalue weighted by molar-refractivity contribution is 5.32. The van der Waals surface area contributed by atoms with Crippen molar-refractivity contribution < 1.29 is 0 Å². The molecule has 1 aliphatic carbocycles. The number of nitrogens with one attached hydrogen (secondary N) is 1. The summed E-state index contributed by atoms with van der Waals surface area (Å²) in [5.74, 6) is 1.90. The van der Waals surface area contributed by atoms with Gasteiger partial charge in [0.2, 0.25) is 0 Å². The van der Waals surface area contributed by atoms with Crippen molar-refractivity contribution in [1.29, 1.82) is 0 Å². The average molecular weight is 236 g/mol. The Morgan fingerprint density at radius 1 is 1.35 bits per heavy atom. The van der Waals surface area contributed by atoms with Crippen LogP contribution in [0.3, 0.4) is 0 Å². The van der Waals surface area contributed by atoms with Crippen molar-refractivity contribution in [1.82, 2.24) is 15.0 Å². The SMILES string of the molecule is CCC(Nc1cnnn1CC)C1CCCCC1. The van der Waals surface area contributed by atoms with Gasteiger partial charge >= 0.3 is 0 Å². The van der Waals surface area contributed by atoms with Crippen molar-refractivity contribution >= 4 is 5.82 Å². The van der Waals surface area contributed by atoms with Gasteiger partial charge in [-0.25, -0.2) is 4.68 Å². The predicted octanol–water partition coefficient (Wildman–Crippen LogP) is 3.07. The highest BCUT2D eigenvalue weighted by Gasteiger charge is 2.22. The summed E-state index contributed by atoms with van der Waals surface area (Å²) in [5.41, 5.74) is 0. The van der Waals surface area contributed by atoms with Crippen LogP contribution in [0.2, 0.25) is 0 Å². The highest BCUT2D eigenvalue weighted by Crippen LogP contribution is 2.29. The van der Waals surface area contributed by atoms with Crippen LogP contribution in [-0.4, -0.2) is 21.0 Å². The van der Waals surface area contributed by atoms with E-state index in [1.807, 2.05) is 10.9 Å². The molecular weight excluding hydrogens is 212 g/mol. The maximum absolute atomic E-state index is 4.07. The molecule has 1 aromatic heterocycles. The van der Waals surface area contributed by atoms with E-state index in [9.17, 15) is 0 Å². The predicted molar refractivity (Wildman–Crippen MR) is 70.0 cm³/mol. The molecule has 1 aliphatic rings. The van der Waals surface area contributed by atoms with Gasteiger partial charge in [-0.05, 0) is 32.1 Å². The lowest BCUT2D eigenvalue weighted by atomic mass is 9.83. The molecule has 0 aliphatic heterocycles. The minimum Gasteiger partial charge on any atom is -0.366 e. The molecule has 1 unspecified atom stereocenters. The van der Waals surface area contributed by atoms with Crippen LogP contribution in [0, 0.1) is 5.92 Å². The summed E-state index contributed by atoms with van der Waals surface area (Å²) in [5, 5.41) is 11.7. The van der Waals surface area contributed by atoms with Crippen LogP contribution in [0.4, 0.5) is 5.82 Å². The van der Waals surface area contributed by atoms with Crippen molar-refractivity contribution in [2.45, 2.75) is 65.0 Å². The van der Waals surface area contributed by atoms with E-state index in [2.05, 4.69) is 29.5 Å². The number of hydrogen-bond donors (Lipinski definition) is 1. The summed E-state index contributed by atoms with van der Waals surface area (Å²) in [6.07, 6.45) is 9.98. The lowest BCUT2D eigenvalue weighted by Crippen LogP contribution is -2.31. The summed E-state index contributed by atoms with van der Waals surface area (Å²) in [6, 6.07) is 0.582. The third-order valence-electron chi connectivity index (χ3n) is 3.91. The van der Waals surface area contributed by atoms with Gasteiger partial charge in [0.05, 0.1) is 6.20 Å². The van der Waals surface area contributed by atoms with E-state index in [1.165, 1.54) is 38.5 Å². The fraction of sp³-hybridized carbons (Fsp3) is 0.846. The summed E-state index contributed by atoms with van der Waals surface area (Å²) in [4.78, 5) is 0. The molecule has 0 amide bonds. The molecule has 17 heavy (non-hydrogen) atoms. The molecule has 1 heterocycles. The van der Waals surface area contributed by atoms with Crippen LogP contribution in [0.5, 0.6) is 0 Å². The van der Waals surface area contributed by atoms with E-state index >= 15 is 0 Å². The van der Waals surface area contributed by atoms with Crippen molar-refractivity contribution in [3.8, 4) is 0 Å². The molecule has 96 valence electrons. The number of anilines is 1. The molecule has 1 fully saturated rings. The number of rotatable bonds is 5. The van der Waals surface area contributed by atoms with Gasteiger partial charge in [0.25, 0.3) is 0 Å². The summed E-state index contributed by atoms with van der Waals surface area (Å²) >= 11 is 0. The van der Waals surface area contributed by atoms with Gasteiger partial charge in [-0.15, -0.1) is 5.10 Å². The zero-order chi connectivity index (χ0) is 12.1. The highest BCUT2D eigenvalue weighted by atomic mass is 15.4. The largest absolute Gasteiger partial charge is 0.366 e. The first-order valence-electron chi connectivity index (χ1n) is 7.00. The molecule has 0 radical (unpaired) electrons. The minimum absolute atomic E-state index is 0.582. The standard InChI is InChI=1S/C13H24N4/c1-3-12(11-8-6-5-7-9-11)15-13-10-14-16-17(13)4-2/h10-12,15H,3-9H2,1-2H3. The van der Waals surface area contributed by atoms with Crippen molar-refractivity contribution in [3.63, 3.8) is 0 Å². The quantitative estimate of drug-likeness (QED) is 0.854. The second-order valence-electron chi connectivity index (χ2n) is 4.99. The molecule has 0 bridgehead atoms. The van der Waals surface area contributed by atoms with Crippen LogP contribution in [0.15, 0.2) is 6.20 Å². The fourth-order valence-corrected chi connectivity index (χ4v) is 2.88. The third kappa shape index (κ3) is 2.99. The van der Waals surface area contributed by atoms with Crippen LogP contribution in [-0.2, 0) is 6.54 Å². The molecule has 0 aromatic carbocycles. The second-order valence-corrected chi connectivity index (χ2v) is 4.99. The fourth-order valence-electron chi connectivity index (χ4n) is 2.88. The molecule has 4 heteroatoms. The molecule has 4 nitrogen and oxygen atoms in total. The van der Waals surface area contributed by atoms with Gasteiger partial charge in [0.15, 0.2) is 0 Å². The first-order chi connectivity index (χ1) is 8.35. The molecular formula is C13H24N4. The van der Waals surface area contributed by atoms with Gasteiger partial charge in [-0.1, -0.05) is 31.4 Å². The number of nitrogens with zero attached hydrogens (tertiary/aromatic N) is 3. The van der Waals surface area contributed by atoms with Gasteiger partial charge in [-0.3, -0.25) is 0 Å². The normalized spacial score (nSPS) is 19.2. The molecule has 1 atom stereocenters. The van der Waals surface area contributed by atoms with Crippen LogP contribution < -0.4 is 5.32 Å². The molecule has 0 spiro atoms. The Labute approximate surface area is 104 Å². The summed E-state index contributed by atoms with van der Waals surface area (Å²) < 4.78 is 1.94. The Balaban J connectivity index is 1.98. The van der Waals surface area contributed by atoms with E-state index in [0.29, 0.717) is 6.04 Å². The summed E-state index contributed by atoms with van der Waals surface area (Å²) in [6.45, 7) is 5.25. The van der Waals surface area contributed by atoms with Crippen molar-refractivity contribution in [2.75, 3.05) is 5.32 Å². The van der Waals surface area contributed by atoms with E-state index in [1.54, 1.807) is 0 Å². The smallest absolute Gasteiger partial charge is 0.145 e. The van der Waals surface area contributed by atoms with Crippen LogP contribution in [0.25, 0.3) is 0 Å². The first kappa shape index (κ1) is 12.4. The zero-order valence-corrected chi connectivity index (χ0v) is 11.0. The Kier molecular flexibility index (Phi) is 4.40. The maximum Gasteiger partial charge on any atom is 0.145 e. The third-order valence-corrected chi connectivity index (χ3v) is 3.91. The van der Waals surface area contributed by atoms with Gasteiger partial charge in [0.1, 0.15) is 5.82 Å². The molecule has 1 aromatic rings. The lowest BCUT2D eigenvalue weighted by Gasteiger charge is -2.30. The Morgan fingerprint density at radius 2 is 2.12 bits per heavy atom. The van der Waals surface area contributed by atoms with Gasteiger partial charge in [0, 0.05) is 12.6 Å². The van der Waals surface area contributed by atoms with Gasteiger partial charge in [-0.2, -0.15) is 0 Å². The van der Waals surface area contributed by atoms with Crippen molar-refractivity contribution in [2.24, 2.45) is 5.92 Å². The molecule has 1 N–H and O–H groups in total. The Morgan fingerprint density at radius 3 is 2.76 bits per heavy atom. The topological polar surface area (TPSA) is 42.7 Å². The summed E-state index contributed by atoms with van der Waals surface area (Å²) in [7, 11) is 0. The monoisotopic (exact) mass is 236 g/mol. The number of aryl methyl sites for hydroxylation is 1. The molecule has 1 saturated carbocycles. The maximum atomic E-state index is 4.07. The molecule has 0 saturated heterocycles. The second kappa shape index (κ2) is 6.03. The first-order valence-corrected chi connectivity index (χ1v) is 7.00.